The third-order valence-electron chi connectivity index (χ3n) is 4.00. The first-order chi connectivity index (χ1) is 6.34. The molecule has 1 heterocycles. The van der Waals surface area contributed by atoms with Crippen molar-refractivity contribution in [3.63, 3.8) is 0 Å². The molecule has 0 aromatic heterocycles. The highest BCUT2D eigenvalue weighted by atomic mass is 16.5. The van der Waals surface area contributed by atoms with Gasteiger partial charge in [0.2, 0.25) is 0 Å². The molecule has 3 heteroatoms. The Morgan fingerprint density at radius 1 is 1.36 bits per heavy atom. The summed E-state index contributed by atoms with van der Waals surface area (Å²) in [4.78, 5) is 0. The van der Waals surface area contributed by atoms with Crippen LogP contribution >= 0.6 is 0 Å². The molecule has 1 aliphatic rings. The first-order valence-electron chi connectivity index (χ1n) is 5.42. The summed E-state index contributed by atoms with van der Waals surface area (Å²) in [6.07, 6.45) is 1.15. The summed E-state index contributed by atoms with van der Waals surface area (Å²) in [5.74, 6) is 0. The molecule has 14 heavy (non-hydrogen) atoms. The largest absolute Gasteiger partial charge is 0.378 e. The number of hydrogen-bond donors (Lipinski definition) is 1. The molecular formula is C11H23NO2. The maximum atomic E-state index is 9.84. The van der Waals surface area contributed by atoms with E-state index in [1.54, 1.807) is 0 Å². The summed E-state index contributed by atoms with van der Waals surface area (Å²) >= 11 is 0. The predicted molar refractivity (Wildman–Crippen MR) is 56.4 cm³/mol. The van der Waals surface area contributed by atoms with Gasteiger partial charge in [-0.15, -0.1) is 0 Å². The van der Waals surface area contributed by atoms with Crippen molar-refractivity contribution < 1.29 is 9.94 Å². The molecule has 1 aliphatic heterocycles. The van der Waals surface area contributed by atoms with Crippen LogP contribution in [0.1, 0.15) is 41.0 Å². The highest BCUT2D eigenvalue weighted by Crippen LogP contribution is 2.43. The lowest BCUT2D eigenvalue weighted by Gasteiger charge is -2.54. The third kappa shape index (κ3) is 1.69. The molecule has 0 aromatic carbocycles. The zero-order chi connectivity index (χ0) is 11.0. The Morgan fingerprint density at radius 3 is 2.43 bits per heavy atom. The fourth-order valence-corrected chi connectivity index (χ4v) is 2.10. The molecular weight excluding hydrogens is 178 g/mol. The molecule has 0 aromatic rings. The van der Waals surface area contributed by atoms with Crippen LogP contribution in [0.4, 0.5) is 0 Å². The molecule has 1 rings (SSSR count). The van der Waals surface area contributed by atoms with Crippen molar-refractivity contribution in [2.45, 2.75) is 52.7 Å². The average Bonchev–Trinajstić information content (AvgIpc) is 2.08. The molecule has 84 valence electrons. The Balaban J connectivity index is 2.85. The van der Waals surface area contributed by atoms with Crippen LogP contribution in [-0.2, 0) is 4.74 Å². The van der Waals surface area contributed by atoms with Gasteiger partial charge in [-0.3, -0.25) is 0 Å². The van der Waals surface area contributed by atoms with Crippen molar-refractivity contribution in [1.29, 1.82) is 0 Å². The van der Waals surface area contributed by atoms with E-state index in [-0.39, 0.29) is 17.1 Å². The Hall–Kier alpha value is -0.120. The van der Waals surface area contributed by atoms with E-state index in [4.69, 9.17) is 4.74 Å². The van der Waals surface area contributed by atoms with Crippen LogP contribution in [0.2, 0.25) is 0 Å². The van der Waals surface area contributed by atoms with Crippen LogP contribution < -0.4 is 0 Å². The molecule has 0 spiro atoms. The molecule has 0 bridgehead atoms. The van der Waals surface area contributed by atoms with Gasteiger partial charge in [0.15, 0.2) is 0 Å². The lowest BCUT2D eigenvalue weighted by molar-refractivity contribution is -0.251. The van der Waals surface area contributed by atoms with Gasteiger partial charge >= 0.3 is 0 Å². The minimum Gasteiger partial charge on any atom is -0.378 e. The van der Waals surface area contributed by atoms with E-state index in [1.165, 1.54) is 5.06 Å². The zero-order valence-corrected chi connectivity index (χ0v) is 10.0. The van der Waals surface area contributed by atoms with E-state index < -0.39 is 0 Å². The van der Waals surface area contributed by atoms with Gasteiger partial charge in [0.05, 0.1) is 6.10 Å². The van der Waals surface area contributed by atoms with Gasteiger partial charge in [0.1, 0.15) is 0 Å². The van der Waals surface area contributed by atoms with Crippen molar-refractivity contribution in [2.75, 3.05) is 13.2 Å². The van der Waals surface area contributed by atoms with Gasteiger partial charge < -0.3 is 9.94 Å². The van der Waals surface area contributed by atoms with Crippen LogP contribution in [0, 0.1) is 5.41 Å². The topological polar surface area (TPSA) is 32.7 Å². The number of nitrogens with zero attached hydrogens (tertiary/aromatic N) is 1. The van der Waals surface area contributed by atoms with E-state index in [9.17, 15) is 5.21 Å². The van der Waals surface area contributed by atoms with E-state index in [0.717, 1.165) is 13.0 Å². The van der Waals surface area contributed by atoms with Gasteiger partial charge in [0.25, 0.3) is 0 Å². The van der Waals surface area contributed by atoms with E-state index in [0.29, 0.717) is 6.54 Å². The minimum atomic E-state index is -0.231. The van der Waals surface area contributed by atoms with Crippen molar-refractivity contribution in [2.24, 2.45) is 5.41 Å². The van der Waals surface area contributed by atoms with Gasteiger partial charge in [-0.1, -0.05) is 13.8 Å². The molecule has 3 nitrogen and oxygen atoms in total. The van der Waals surface area contributed by atoms with Crippen molar-refractivity contribution in [3.8, 4) is 0 Å². The highest BCUT2D eigenvalue weighted by Gasteiger charge is 2.50. The van der Waals surface area contributed by atoms with E-state index in [1.807, 2.05) is 6.92 Å². The lowest BCUT2D eigenvalue weighted by atomic mass is 9.67. The van der Waals surface area contributed by atoms with Gasteiger partial charge in [0, 0.05) is 24.1 Å². The fraction of sp³-hybridized carbons (Fsp3) is 1.00. The number of ether oxygens (including phenoxy) is 1. The fourth-order valence-electron chi connectivity index (χ4n) is 2.10. The molecule has 1 fully saturated rings. The smallest absolute Gasteiger partial charge is 0.0657 e. The second-order valence-electron chi connectivity index (χ2n) is 5.14. The summed E-state index contributed by atoms with van der Waals surface area (Å²) in [5, 5.41) is 11.3. The maximum Gasteiger partial charge on any atom is 0.0657 e. The van der Waals surface area contributed by atoms with Crippen LogP contribution in [0.3, 0.4) is 0 Å². The van der Waals surface area contributed by atoms with Crippen molar-refractivity contribution in [3.05, 3.63) is 0 Å². The predicted octanol–water partition coefficient (Wildman–Crippen LogP) is 2.29. The highest BCUT2D eigenvalue weighted by molar-refractivity contribution is 5.01. The second kappa shape index (κ2) is 3.80. The lowest BCUT2D eigenvalue weighted by Crippen LogP contribution is -2.62. The van der Waals surface area contributed by atoms with Gasteiger partial charge in [-0.05, 0) is 27.2 Å². The quantitative estimate of drug-likeness (QED) is 0.744. The molecule has 0 amide bonds. The summed E-state index contributed by atoms with van der Waals surface area (Å²) in [6, 6.07) is 0. The molecule has 0 saturated carbocycles. The molecule has 1 atom stereocenters. The third-order valence-corrected chi connectivity index (χ3v) is 4.00. The van der Waals surface area contributed by atoms with Crippen molar-refractivity contribution >= 4 is 0 Å². The second-order valence-corrected chi connectivity index (χ2v) is 5.14. The maximum absolute atomic E-state index is 9.84. The number of hydroxylamine groups is 2. The average molecular weight is 201 g/mol. The van der Waals surface area contributed by atoms with Crippen LogP contribution in [0.25, 0.3) is 0 Å². The summed E-state index contributed by atoms with van der Waals surface area (Å²) in [7, 11) is 0. The van der Waals surface area contributed by atoms with Crippen molar-refractivity contribution in [1.82, 2.24) is 5.06 Å². The van der Waals surface area contributed by atoms with Crippen LogP contribution in [0.5, 0.6) is 0 Å². The number of rotatable bonds is 2. The monoisotopic (exact) mass is 201 g/mol. The molecule has 1 unspecified atom stereocenters. The molecule has 0 radical (unpaired) electrons. The Morgan fingerprint density at radius 2 is 1.93 bits per heavy atom. The summed E-state index contributed by atoms with van der Waals surface area (Å²) < 4.78 is 5.74. The molecule has 0 aliphatic carbocycles. The normalized spacial score (nSPS) is 31.7. The number of piperidine rings is 1. The first kappa shape index (κ1) is 12.0. The van der Waals surface area contributed by atoms with Crippen LogP contribution in [-0.4, -0.2) is 35.1 Å². The SMILES string of the molecule is CCOC1CCN(O)C(C)(C)C1(C)C. The summed E-state index contributed by atoms with van der Waals surface area (Å²) in [6.45, 7) is 11.9. The molecule has 1 saturated heterocycles. The molecule has 1 N–H and O–H groups in total. The Kier molecular flexibility index (Phi) is 3.24. The Labute approximate surface area is 87.0 Å². The van der Waals surface area contributed by atoms with E-state index in [2.05, 4.69) is 27.7 Å². The standard InChI is InChI=1S/C11H23NO2/c1-6-14-9-7-8-12(13)11(4,5)10(9,2)3/h9,13H,6-8H2,1-5H3. The van der Waals surface area contributed by atoms with E-state index >= 15 is 0 Å². The number of hydrogen-bond acceptors (Lipinski definition) is 3. The first-order valence-corrected chi connectivity index (χ1v) is 5.42. The summed E-state index contributed by atoms with van der Waals surface area (Å²) in [5.41, 5.74) is -0.263. The zero-order valence-electron chi connectivity index (χ0n) is 10.0. The van der Waals surface area contributed by atoms with Gasteiger partial charge in [-0.25, -0.2) is 0 Å². The Bertz CT molecular complexity index is 201. The minimum absolute atomic E-state index is 0.0317. The van der Waals surface area contributed by atoms with Crippen LogP contribution in [0.15, 0.2) is 0 Å². The van der Waals surface area contributed by atoms with Gasteiger partial charge in [-0.2, -0.15) is 5.06 Å².